The molecule has 0 bridgehead atoms. The lowest BCUT2D eigenvalue weighted by molar-refractivity contribution is 0.192. The second kappa shape index (κ2) is 6.11. The van der Waals surface area contributed by atoms with E-state index in [4.69, 9.17) is 15.6 Å². The summed E-state index contributed by atoms with van der Waals surface area (Å²) in [7, 11) is -1.94. The molecular formula is C11H18N2O3S3. The average molecular weight is 322 g/mol. The largest absolute Gasteiger partial charge is 0.385 e. The van der Waals surface area contributed by atoms with Crippen molar-refractivity contribution in [3.05, 3.63) is 11.6 Å². The van der Waals surface area contributed by atoms with E-state index < -0.39 is 10.0 Å². The van der Waals surface area contributed by atoms with Gasteiger partial charge in [0.05, 0.1) is 4.21 Å². The number of hydrogen-bond acceptors (Lipinski definition) is 6. The van der Waals surface area contributed by atoms with Gasteiger partial charge in [0.15, 0.2) is 0 Å². The molecule has 4 N–H and O–H groups in total. The predicted octanol–water partition coefficient (Wildman–Crippen LogP) is 1.69. The molecule has 0 radical (unpaired) electrons. The topological polar surface area (TPSA) is 95.4 Å². The summed E-state index contributed by atoms with van der Waals surface area (Å²) in [5.74, 6) is 0. The summed E-state index contributed by atoms with van der Waals surface area (Å²) >= 11 is 2.94. The van der Waals surface area contributed by atoms with E-state index >= 15 is 0 Å². The number of primary sulfonamides is 1. The summed E-state index contributed by atoms with van der Waals surface area (Å²) in [6, 6.07) is 1.52. The Labute approximate surface area is 121 Å². The maximum absolute atomic E-state index is 11.4. The molecule has 0 unspecified atom stereocenters. The predicted molar refractivity (Wildman–Crippen MR) is 78.0 cm³/mol. The molecule has 2 atom stereocenters. The van der Waals surface area contributed by atoms with Crippen LogP contribution in [0.2, 0.25) is 0 Å². The molecule has 2 heterocycles. The monoisotopic (exact) mass is 322 g/mol. The second-order valence-corrected chi connectivity index (χ2v) is 8.98. The van der Waals surface area contributed by atoms with Gasteiger partial charge in [-0.25, -0.2) is 13.6 Å². The van der Waals surface area contributed by atoms with Crippen molar-refractivity contribution >= 4 is 33.1 Å². The van der Waals surface area contributed by atoms with Gasteiger partial charge < -0.3 is 10.5 Å². The van der Waals surface area contributed by atoms with Gasteiger partial charge in [0.1, 0.15) is 4.21 Å². The molecule has 1 aromatic rings. The highest BCUT2D eigenvalue weighted by molar-refractivity contribution is 8.02. The first-order valence-corrected chi connectivity index (χ1v) is 9.23. The van der Waals surface area contributed by atoms with E-state index in [0.717, 1.165) is 35.6 Å². The van der Waals surface area contributed by atoms with Gasteiger partial charge in [0, 0.05) is 25.0 Å². The van der Waals surface area contributed by atoms with E-state index in [1.807, 2.05) is 0 Å². The first-order chi connectivity index (χ1) is 8.91. The molecule has 0 saturated carbocycles. The summed E-state index contributed by atoms with van der Waals surface area (Å²) in [5, 5.41) is 5.58. The molecular weight excluding hydrogens is 304 g/mol. The molecule has 0 aromatic carbocycles. The van der Waals surface area contributed by atoms with Crippen LogP contribution >= 0.6 is 23.1 Å². The molecule has 108 valence electrons. The Morgan fingerprint density at radius 3 is 2.89 bits per heavy atom. The fourth-order valence-electron chi connectivity index (χ4n) is 2.10. The maximum Gasteiger partial charge on any atom is 0.247 e. The van der Waals surface area contributed by atoms with Gasteiger partial charge in [0.25, 0.3) is 0 Å². The number of thiophene rings is 1. The molecule has 8 heteroatoms. The van der Waals surface area contributed by atoms with E-state index in [1.165, 1.54) is 11.3 Å². The van der Waals surface area contributed by atoms with Crippen LogP contribution in [0.3, 0.4) is 0 Å². The molecule has 0 aliphatic carbocycles. The van der Waals surface area contributed by atoms with Gasteiger partial charge in [-0.1, -0.05) is 0 Å². The summed E-state index contributed by atoms with van der Waals surface area (Å²) < 4.78 is 29.0. The standard InChI is InChI=1S/C11H18N2O3S3/c1-16-4-2-3-7-5-9(12)8-6-10(19(13,14)15)18-11(8)17-7/h6-7,9H,2-5,12H2,1H3,(H2,13,14,15)/t7-,9-/m1/s1. The highest BCUT2D eigenvalue weighted by atomic mass is 32.3. The van der Waals surface area contributed by atoms with E-state index in [9.17, 15) is 8.42 Å². The van der Waals surface area contributed by atoms with Gasteiger partial charge in [-0.2, -0.15) is 0 Å². The van der Waals surface area contributed by atoms with Crippen LogP contribution in [0.1, 0.15) is 30.9 Å². The fraction of sp³-hybridized carbons (Fsp3) is 0.636. The summed E-state index contributed by atoms with van der Waals surface area (Å²) in [4.78, 5) is 0. The minimum Gasteiger partial charge on any atom is -0.385 e. The third-order valence-corrected chi connectivity index (χ3v) is 7.16. The minimum atomic E-state index is -3.63. The minimum absolute atomic E-state index is 0.101. The van der Waals surface area contributed by atoms with E-state index in [1.54, 1.807) is 24.9 Å². The third kappa shape index (κ3) is 3.71. The zero-order valence-corrected chi connectivity index (χ0v) is 13.1. The van der Waals surface area contributed by atoms with Gasteiger partial charge in [0.2, 0.25) is 10.0 Å². The Morgan fingerprint density at radius 2 is 2.26 bits per heavy atom. The summed E-state index contributed by atoms with van der Waals surface area (Å²) in [6.45, 7) is 0.742. The van der Waals surface area contributed by atoms with Crippen molar-refractivity contribution in [3.63, 3.8) is 0 Å². The van der Waals surface area contributed by atoms with Crippen LogP contribution < -0.4 is 10.9 Å². The zero-order valence-electron chi connectivity index (χ0n) is 10.7. The van der Waals surface area contributed by atoms with E-state index in [2.05, 4.69) is 0 Å². The van der Waals surface area contributed by atoms with Crippen molar-refractivity contribution in [2.45, 2.75) is 39.0 Å². The van der Waals surface area contributed by atoms with Crippen LogP contribution in [0, 0.1) is 0 Å². The van der Waals surface area contributed by atoms with Crippen molar-refractivity contribution in [3.8, 4) is 0 Å². The van der Waals surface area contributed by atoms with E-state index in [-0.39, 0.29) is 10.3 Å². The van der Waals surface area contributed by atoms with Crippen molar-refractivity contribution < 1.29 is 13.2 Å². The maximum atomic E-state index is 11.4. The number of sulfonamides is 1. The quantitative estimate of drug-likeness (QED) is 0.804. The normalized spacial score (nSPS) is 23.3. The number of nitrogens with two attached hydrogens (primary N) is 2. The molecule has 0 spiro atoms. The number of hydrogen-bond donors (Lipinski definition) is 2. The number of ether oxygens (including phenoxy) is 1. The zero-order chi connectivity index (χ0) is 14.0. The SMILES string of the molecule is COCCC[C@@H]1C[C@@H](N)c2cc(S(N)(=O)=O)sc2S1. The van der Waals surface area contributed by atoms with Gasteiger partial charge in [-0.3, -0.25) is 0 Å². The number of thioether (sulfide) groups is 1. The van der Waals surface area contributed by atoms with Crippen LogP contribution in [-0.4, -0.2) is 27.4 Å². The summed E-state index contributed by atoms with van der Waals surface area (Å²) in [6.07, 6.45) is 2.88. The van der Waals surface area contributed by atoms with Crippen LogP contribution in [0.5, 0.6) is 0 Å². The van der Waals surface area contributed by atoms with Gasteiger partial charge >= 0.3 is 0 Å². The average Bonchev–Trinajstić information content (AvgIpc) is 2.73. The van der Waals surface area contributed by atoms with Crippen molar-refractivity contribution in [2.24, 2.45) is 10.9 Å². The molecule has 0 saturated heterocycles. The Hall–Kier alpha value is -0.120. The molecule has 0 amide bonds. The second-order valence-electron chi connectivity index (χ2n) is 4.57. The number of rotatable bonds is 5. The van der Waals surface area contributed by atoms with Crippen LogP contribution in [0.4, 0.5) is 0 Å². The Kier molecular flexibility index (Phi) is 4.91. The molecule has 0 fully saturated rings. The van der Waals surface area contributed by atoms with Gasteiger partial charge in [-0.05, 0) is 30.9 Å². The number of fused-ring (bicyclic) bond motifs is 1. The fourth-order valence-corrected chi connectivity index (χ4v) is 6.07. The molecule has 19 heavy (non-hydrogen) atoms. The lowest BCUT2D eigenvalue weighted by Crippen LogP contribution is -2.21. The highest BCUT2D eigenvalue weighted by Crippen LogP contribution is 2.46. The first kappa shape index (κ1) is 15.3. The van der Waals surface area contributed by atoms with Crippen molar-refractivity contribution in [2.75, 3.05) is 13.7 Å². The van der Waals surface area contributed by atoms with Crippen LogP contribution in [0.25, 0.3) is 0 Å². The van der Waals surface area contributed by atoms with Crippen LogP contribution in [-0.2, 0) is 14.8 Å². The summed E-state index contributed by atoms with van der Waals surface area (Å²) in [5.41, 5.74) is 7.04. The van der Waals surface area contributed by atoms with Crippen LogP contribution in [0.15, 0.2) is 14.5 Å². The van der Waals surface area contributed by atoms with Gasteiger partial charge in [-0.15, -0.1) is 23.1 Å². The lowest BCUT2D eigenvalue weighted by atomic mass is 10.0. The highest BCUT2D eigenvalue weighted by Gasteiger charge is 2.29. The molecule has 1 aromatic heterocycles. The Bertz CT molecular complexity index is 541. The lowest BCUT2D eigenvalue weighted by Gasteiger charge is -2.26. The Morgan fingerprint density at radius 1 is 1.53 bits per heavy atom. The molecule has 2 rings (SSSR count). The number of methoxy groups -OCH3 is 1. The molecule has 1 aliphatic heterocycles. The first-order valence-electron chi connectivity index (χ1n) is 5.99. The molecule has 1 aliphatic rings. The third-order valence-electron chi connectivity index (χ3n) is 3.05. The van der Waals surface area contributed by atoms with Crippen molar-refractivity contribution in [1.82, 2.24) is 0 Å². The smallest absolute Gasteiger partial charge is 0.247 e. The molecule has 5 nitrogen and oxygen atoms in total. The van der Waals surface area contributed by atoms with Crippen molar-refractivity contribution in [1.29, 1.82) is 0 Å². The Balaban J connectivity index is 2.13. The van der Waals surface area contributed by atoms with E-state index in [0.29, 0.717) is 5.25 Å².